The molecule has 0 radical (unpaired) electrons. The van der Waals surface area contributed by atoms with Crippen molar-refractivity contribution in [3.63, 3.8) is 0 Å². The van der Waals surface area contributed by atoms with E-state index in [9.17, 15) is 9.59 Å². The number of amides is 1. The summed E-state index contributed by atoms with van der Waals surface area (Å²) in [6.45, 7) is 5.57. The predicted octanol–water partition coefficient (Wildman–Crippen LogP) is 3.76. The maximum atomic E-state index is 11.6. The molecule has 0 fully saturated rings. The van der Waals surface area contributed by atoms with Crippen molar-refractivity contribution in [2.24, 2.45) is 5.92 Å². The van der Waals surface area contributed by atoms with Gasteiger partial charge in [-0.05, 0) is 24.1 Å². The van der Waals surface area contributed by atoms with Gasteiger partial charge in [-0.25, -0.2) is 4.79 Å². The second kappa shape index (κ2) is 7.53. The molecule has 0 aliphatic rings. The van der Waals surface area contributed by atoms with Gasteiger partial charge in [-0.2, -0.15) is 0 Å². The molecule has 20 heavy (non-hydrogen) atoms. The van der Waals surface area contributed by atoms with Crippen LogP contribution in [0.3, 0.4) is 0 Å². The molecule has 1 amide bonds. The topological polar surface area (TPSA) is 64.6 Å². The average Bonchev–Trinajstić information content (AvgIpc) is 2.45. The number of ether oxygens (including phenoxy) is 2. The van der Waals surface area contributed by atoms with E-state index in [0.29, 0.717) is 12.1 Å². The van der Waals surface area contributed by atoms with Gasteiger partial charge < -0.3 is 9.47 Å². The van der Waals surface area contributed by atoms with E-state index in [2.05, 4.69) is 10.1 Å². The van der Waals surface area contributed by atoms with Gasteiger partial charge in [0.2, 0.25) is 0 Å². The van der Waals surface area contributed by atoms with Crippen molar-refractivity contribution < 1.29 is 20.5 Å². The van der Waals surface area contributed by atoms with E-state index in [4.69, 9.17) is 4.74 Å². The van der Waals surface area contributed by atoms with Gasteiger partial charge in [-0.3, -0.25) is 10.1 Å². The fourth-order valence-corrected chi connectivity index (χ4v) is 1.61. The molecular weight excluding hydrogens is 258 g/mol. The van der Waals surface area contributed by atoms with Gasteiger partial charge in [-0.15, -0.1) is 0 Å². The summed E-state index contributed by atoms with van der Waals surface area (Å²) in [5, 5.41) is 2.57. The Hall–Kier alpha value is -2.04. The Morgan fingerprint density at radius 3 is 2.30 bits per heavy atom. The number of carbonyl (C=O) groups is 2. The molecule has 1 rings (SSSR count). The normalized spacial score (nSPS) is 11.8. The third-order valence-electron chi connectivity index (χ3n) is 2.81. The fraction of sp³-hybridized carbons (Fsp3) is 0.467. The molecule has 0 aliphatic heterocycles. The summed E-state index contributed by atoms with van der Waals surface area (Å²) in [7, 11) is 1.31. The molecular formula is C15H23NO4. The number of benzene rings is 1. The highest BCUT2D eigenvalue weighted by atomic mass is 16.5. The summed E-state index contributed by atoms with van der Waals surface area (Å²) in [5.41, 5.74) is 1.53. The number of nitrogens with one attached hydrogen (secondary N) is 1. The molecule has 0 saturated carbocycles. The average molecular weight is 281 g/mol. The lowest BCUT2D eigenvalue weighted by atomic mass is 10.1. The SMILES string of the molecule is CCC(OC(=O)C(C)C)c1ccc(NC(=O)OC)cc1.[HH]. The lowest BCUT2D eigenvalue weighted by Crippen LogP contribution is -2.16. The maximum absolute atomic E-state index is 11.6. The molecule has 0 spiro atoms. The van der Waals surface area contributed by atoms with Crippen molar-refractivity contribution >= 4 is 17.7 Å². The molecule has 0 heterocycles. The maximum Gasteiger partial charge on any atom is 0.411 e. The van der Waals surface area contributed by atoms with E-state index in [1.54, 1.807) is 26.0 Å². The lowest BCUT2D eigenvalue weighted by Gasteiger charge is -2.18. The highest BCUT2D eigenvalue weighted by Gasteiger charge is 2.17. The van der Waals surface area contributed by atoms with Crippen LogP contribution >= 0.6 is 0 Å². The van der Waals surface area contributed by atoms with Gasteiger partial charge in [0.05, 0.1) is 13.0 Å². The molecule has 0 saturated heterocycles. The summed E-state index contributed by atoms with van der Waals surface area (Å²) < 4.78 is 9.95. The fourth-order valence-electron chi connectivity index (χ4n) is 1.61. The molecule has 1 aromatic carbocycles. The highest BCUT2D eigenvalue weighted by Crippen LogP contribution is 2.24. The number of esters is 1. The summed E-state index contributed by atoms with van der Waals surface area (Å²) in [5.74, 6) is -0.363. The number of hydrogen-bond donors (Lipinski definition) is 1. The third-order valence-corrected chi connectivity index (χ3v) is 2.81. The standard InChI is InChI=1S/C15H21NO4.H2/c1-5-13(20-14(17)10(2)3)11-6-8-12(9-7-11)16-15(18)19-4;/h6-10,13H,5H2,1-4H3,(H,16,18);1H. The zero-order valence-corrected chi connectivity index (χ0v) is 12.3. The van der Waals surface area contributed by atoms with Gasteiger partial charge >= 0.3 is 12.1 Å². The predicted molar refractivity (Wildman–Crippen MR) is 78.5 cm³/mol. The van der Waals surface area contributed by atoms with E-state index in [1.165, 1.54) is 7.11 Å². The summed E-state index contributed by atoms with van der Waals surface area (Å²) in [4.78, 5) is 22.7. The molecule has 5 heteroatoms. The van der Waals surface area contributed by atoms with Crippen LogP contribution in [0.1, 0.15) is 40.3 Å². The van der Waals surface area contributed by atoms with Crippen LogP contribution in [-0.2, 0) is 14.3 Å². The van der Waals surface area contributed by atoms with Crippen molar-refractivity contribution in [1.29, 1.82) is 0 Å². The lowest BCUT2D eigenvalue weighted by molar-refractivity contribution is -0.153. The number of hydrogen-bond acceptors (Lipinski definition) is 4. The first-order valence-electron chi connectivity index (χ1n) is 6.63. The van der Waals surface area contributed by atoms with E-state index >= 15 is 0 Å². The van der Waals surface area contributed by atoms with E-state index in [0.717, 1.165) is 5.56 Å². The van der Waals surface area contributed by atoms with Crippen molar-refractivity contribution in [3.8, 4) is 0 Å². The molecule has 0 bridgehead atoms. The van der Waals surface area contributed by atoms with Crippen LogP contribution in [-0.4, -0.2) is 19.2 Å². The Morgan fingerprint density at radius 2 is 1.85 bits per heavy atom. The van der Waals surface area contributed by atoms with E-state index in [1.807, 2.05) is 19.1 Å². The van der Waals surface area contributed by atoms with Crippen LogP contribution in [0.15, 0.2) is 24.3 Å². The van der Waals surface area contributed by atoms with Gasteiger partial charge in [0.15, 0.2) is 0 Å². The Balaban J connectivity index is 0.00000400. The van der Waals surface area contributed by atoms with Crippen molar-refractivity contribution in [1.82, 2.24) is 0 Å². The van der Waals surface area contributed by atoms with E-state index < -0.39 is 6.09 Å². The van der Waals surface area contributed by atoms with Crippen molar-refractivity contribution in [2.75, 3.05) is 12.4 Å². The first-order chi connectivity index (χ1) is 9.47. The van der Waals surface area contributed by atoms with Crippen LogP contribution in [0.4, 0.5) is 10.5 Å². The smallest absolute Gasteiger partial charge is 0.411 e. The first kappa shape index (κ1) is 16.0. The molecule has 0 aliphatic carbocycles. The highest BCUT2D eigenvalue weighted by molar-refractivity contribution is 5.84. The van der Waals surface area contributed by atoms with E-state index in [-0.39, 0.29) is 19.4 Å². The molecule has 1 N–H and O–H groups in total. The number of methoxy groups -OCH3 is 1. The van der Waals surface area contributed by atoms with Gasteiger partial charge in [0.1, 0.15) is 6.10 Å². The minimum absolute atomic E-state index is 0. The quantitative estimate of drug-likeness (QED) is 0.834. The molecule has 112 valence electrons. The molecule has 1 atom stereocenters. The van der Waals surface area contributed by atoms with Gasteiger partial charge in [0.25, 0.3) is 0 Å². The van der Waals surface area contributed by atoms with Gasteiger partial charge in [-0.1, -0.05) is 32.9 Å². The zero-order chi connectivity index (χ0) is 15.1. The van der Waals surface area contributed by atoms with Crippen molar-refractivity contribution in [2.45, 2.75) is 33.3 Å². The van der Waals surface area contributed by atoms with Crippen LogP contribution in [0, 0.1) is 5.92 Å². The number of anilines is 1. The Labute approximate surface area is 120 Å². The van der Waals surface area contributed by atoms with Crippen LogP contribution in [0.25, 0.3) is 0 Å². The monoisotopic (exact) mass is 281 g/mol. The third kappa shape index (κ3) is 4.57. The van der Waals surface area contributed by atoms with Gasteiger partial charge in [0, 0.05) is 7.11 Å². The number of carbonyl (C=O) groups excluding carboxylic acids is 2. The Kier molecular flexibility index (Phi) is 6.03. The second-order valence-electron chi connectivity index (χ2n) is 4.73. The molecule has 5 nitrogen and oxygen atoms in total. The second-order valence-corrected chi connectivity index (χ2v) is 4.73. The minimum Gasteiger partial charge on any atom is -0.457 e. The summed E-state index contributed by atoms with van der Waals surface area (Å²) >= 11 is 0. The first-order valence-corrected chi connectivity index (χ1v) is 6.63. The summed E-state index contributed by atoms with van der Waals surface area (Å²) in [6, 6.07) is 7.15. The Bertz CT molecular complexity index is 459. The Morgan fingerprint density at radius 1 is 1.25 bits per heavy atom. The van der Waals surface area contributed by atoms with Crippen LogP contribution < -0.4 is 5.32 Å². The molecule has 0 aromatic heterocycles. The zero-order valence-electron chi connectivity index (χ0n) is 12.3. The van der Waals surface area contributed by atoms with Crippen LogP contribution in [0.5, 0.6) is 0 Å². The van der Waals surface area contributed by atoms with Crippen LogP contribution in [0.2, 0.25) is 0 Å². The molecule has 1 aromatic rings. The number of rotatable bonds is 5. The largest absolute Gasteiger partial charge is 0.457 e. The molecule has 1 unspecified atom stereocenters. The minimum atomic E-state index is -0.518. The summed E-state index contributed by atoms with van der Waals surface area (Å²) in [6.07, 6.45) is -0.0875. The van der Waals surface area contributed by atoms with Crippen molar-refractivity contribution in [3.05, 3.63) is 29.8 Å².